The molecule has 2 saturated carbocycles. The number of rotatable bonds is 6. The second-order valence-electron chi connectivity index (χ2n) is 14.6. The number of allylic oxidation sites excluding steroid dienone is 1. The van der Waals surface area contributed by atoms with Gasteiger partial charge in [-0.25, -0.2) is 4.21 Å². The predicted molar refractivity (Wildman–Crippen MR) is 187 cm³/mol. The molecule has 0 N–H and O–H groups in total. The molecule has 9 heteroatoms. The number of hydrogen-bond acceptors (Lipinski definition) is 6. The molecule has 0 unspecified atom stereocenters. The molecule has 2 heterocycles. The van der Waals surface area contributed by atoms with Crippen LogP contribution in [0.3, 0.4) is 0 Å². The number of carbonyl (C=O) groups excluding carboxylic acids is 2. The Morgan fingerprint density at radius 1 is 1.15 bits per heavy atom. The SMILES string of the molecule is CO[C@H]1/C=C/CCC[S@@](=O)(CC(=O)CCC2CC2)=NC(=O)c2ccc3c(c2)N(C[C@@H]2CC[C@H]21)C[C@@]1(CCCc2cc(Cl)ccc21)CO3. The first-order chi connectivity index (χ1) is 22.7. The molecule has 2 aromatic rings. The molecule has 5 aliphatic rings. The molecule has 0 aromatic heterocycles. The molecule has 2 bridgehead atoms. The number of amides is 1. The van der Waals surface area contributed by atoms with E-state index >= 15 is 0 Å². The Morgan fingerprint density at radius 3 is 2.81 bits per heavy atom. The maximum Gasteiger partial charge on any atom is 0.285 e. The topological polar surface area (TPSA) is 85.3 Å². The van der Waals surface area contributed by atoms with Crippen molar-refractivity contribution in [1.29, 1.82) is 0 Å². The first-order valence-corrected chi connectivity index (χ1v) is 19.8. The van der Waals surface area contributed by atoms with Crippen LogP contribution in [-0.4, -0.2) is 60.3 Å². The van der Waals surface area contributed by atoms with Gasteiger partial charge in [0.1, 0.15) is 11.5 Å². The molecule has 1 spiro atoms. The molecule has 2 aliphatic heterocycles. The van der Waals surface area contributed by atoms with Crippen LogP contribution >= 0.6 is 11.6 Å². The van der Waals surface area contributed by atoms with Crippen LogP contribution in [0.1, 0.15) is 85.7 Å². The van der Waals surface area contributed by atoms with Crippen LogP contribution in [0.15, 0.2) is 52.9 Å². The summed E-state index contributed by atoms with van der Waals surface area (Å²) >= 11 is 6.44. The van der Waals surface area contributed by atoms with E-state index in [0.29, 0.717) is 49.2 Å². The van der Waals surface area contributed by atoms with Gasteiger partial charge in [-0.2, -0.15) is 4.36 Å². The van der Waals surface area contributed by atoms with E-state index in [9.17, 15) is 13.8 Å². The highest BCUT2D eigenvalue weighted by molar-refractivity contribution is 7.94. The Labute approximate surface area is 284 Å². The number of carbonyl (C=O) groups is 2. The number of ether oxygens (including phenoxy) is 2. The standard InChI is InChI=1S/C38H47ClN2O5S/c1-45-35-7-3-2-4-19-47(44,23-31(42)14-10-26-8-9-26)40-37(43)28-12-17-36-34(21-28)41(22-29-11-15-32(29)35)24-38(25-46-36)18-5-6-27-20-30(39)13-16-33(27)38/h3,7,12-13,16-17,20-21,26,29,32,35H,2,4-6,8-11,14-15,18-19,22-25H2,1H3/b7-3+/t29-,32+,35-,38-,47+/m0/s1. The number of aryl methyl sites for hydroxylation is 1. The van der Waals surface area contributed by atoms with Gasteiger partial charge in [0.05, 0.1) is 33.9 Å². The number of halogens is 1. The zero-order valence-electron chi connectivity index (χ0n) is 27.5. The third-order valence-electron chi connectivity index (χ3n) is 11.2. The quantitative estimate of drug-likeness (QED) is 0.293. The third kappa shape index (κ3) is 7.20. The lowest BCUT2D eigenvalue weighted by molar-refractivity contribution is -0.116. The Bertz CT molecular complexity index is 1680. The summed E-state index contributed by atoms with van der Waals surface area (Å²) in [6.45, 7) is 2.11. The van der Waals surface area contributed by atoms with E-state index in [-0.39, 0.29) is 28.8 Å². The minimum atomic E-state index is -3.07. The van der Waals surface area contributed by atoms with Crippen molar-refractivity contribution in [3.05, 3.63) is 70.3 Å². The average molecular weight is 679 g/mol. The fourth-order valence-electron chi connectivity index (χ4n) is 8.29. The summed E-state index contributed by atoms with van der Waals surface area (Å²) < 4.78 is 31.2. The molecule has 1 amide bonds. The Hall–Kier alpha value is -2.68. The van der Waals surface area contributed by atoms with Crippen molar-refractivity contribution < 1.29 is 23.3 Å². The molecular formula is C38H47ClN2O5S. The monoisotopic (exact) mass is 678 g/mol. The first-order valence-electron chi connectivity index (χ1n) is 17.5. The predicted octanol–water partition coefficient (Wildman–Crippen LogP) is 7.57. The Kier molecular flexibility index (Phi) is 9.56. The number of hydrogen-bond donors (Lipinski definition) is 0. The van der Waals surface area contributed by atoms with Crippen molar-refractivity contribution in [3.63, 3.8) is 0 Å². The zero-order chi connectivity index (χ0) is 32.6. The number of nitrogens with zero attached hydrogens (tertiary/aromatic N) is 2. The van der Waals surface area contributed by atoms with Crippen molar-refractivity contribution >= 4 is 38.7 Å². The molecular weight excluding hydrogens is 632 g/mol. The smallest absolute Gasteiger partial charge is 0.285 e. The molecule has 0 radical (unpaired) electrons. The highest BCUT2D eigenvalue weighted by Crippen LogP contribution is 2.47. The summed E-state index contributed by atoms with van der Waals surface area (Å²) in [5.41, 5.74) is 3.62. The van der Waals surface area contributed by atoms with Gasteiger partial charge in [-0.3, -0.25) is 9.59 Å². The first kappa shape index (κ1) is 32.8. The van der Waals surface area contributed by atoms with Crippen molar-refractivity contribution in [2.45, 2.75) is 82.1 Å². The summed E-state index contributed by atoms with van der Waals surface area (Å²) in [7, 11) is -1.28. The maximum atomic E-state index is 14.2. The fraction of sp³-hybridized carbons (Fsp3) is 0.579. The lowest BCUT2D eigenvalue weighted by Gasteiger charge is -2.46. The van der Waals surface area contributed by atoms with Gasteiger partial charge < -0.3 is 14.4 Å². The van der Waals surface area contributed by atoms with Crippen LogP contribution in [0.4, 0.5) is 5.69 Å². The molecule has 7 nitrogen and oxygen atoms in total. The number of benzene rings is 2. The van der Waals surface area contributed by atoms with Crippen LogP contribution in [0, 0.1) is 17.8 Å². The van der Waals surface area contributed by atoms with Crippen LogP contribution < -0.4 is 9.64 Å². The van der Waals surface area contributed by atoms with Gasteiger partial charge in [-0.1, -0.05) is 42.7 Å². The van der Waals surface area contributed by atoms with Crippen molar-refractivity contribution in [2.75, 3.05) is 43.2 Å². The lowest BCUT2D eigenvalue weighted by atomic mass is 9.68. The van der Waals surface area contributed by atoms with Gasteiger partial charge in [-0.15, -0.1) is 0 Å². The number of methoxy groups -OCH3 is 1. The van der Waals surface area contributed by atoms with Crippen LogP contribution in [-0.2, 0) is 31.1 Å². The normalized spacial score (nSPS) is 31.4. The number of ketones is 1. The molecule has 47 heavy (non-hydrogen) atoms. The molecule has 5 atom stereocenters. The molecule has 3 aliphatic carbocycles. The third-order valence-corrected chi connectivity index (χ3v) is 13.7. The lowest BCUT2D eigenvalue weighted by Crippen LogP contribution is -2.49. The summed E-state index contributed by atoms with van der Waals surface area (Å²) in [6, 6.07) is 11.8. The highest BCUT2D eigenvalue weighted by Gasteiger charge is 2.44. The summed E-state index contributed by atoms with van der Waals surface area (Å²) in [4.78, 5) is 29.2. The van der Waals surface area contributed by atoms with Gasteiger partial charge >= 0.3 is 0 Å². The molecule has 0 saturated heterocycles. The zero-order valence-corrected chi connectivity index (χ0v) is 29.0. The molecule has 2 aromatic carbocycles. The average Bonchev–Trinajstić information content (AvgIpc) is 3.88. The Balaban J connectivity index is 1.26. The van der Waals surface area contributed by atoms with Gasteiger partial charge in [0.25, 0.3) is 5.91 Å². The molecule has 7 rings (SSSR count). The summed E-state index contributed by atoms with van der Waals surface area (Å²) in [5, 5.41) is 0.757. The van der Waals surface area contributed by atoms with E-state index in [4.69, 9.17) is 21.1 Å². The maximum absolute atomic E-state index is 14.2. The second kappa shape index (κ2) is 13.7. The number of fused-ring (bicyclic) bond motifs is 4. The second-order valence-corrected chi connectivity index (χ2v) is 17.5. The van der Waals surface area contributed by atoms with Crippen LogP contribution in [0.25, 0.3) is 0 Å². The van der Waals surface area contributed by atoms with E-state index in [0.717, 1.165) is 68.1 Å². The van der Waals surface area contributed by atoms with Crippen LogP contribution in [0.5, 0.6) is 5.75 Å². The number of Topliss-reactive ketones (excluding diaryl/α,β-unsaturated/α-hetero) is 1. The minimum Gasteiger partial charge on any atom is -0.490 e. The number of anilines is 1. The minimum absolute atomic E-state index is 0.00169. The van der Waals surface area contributed by atoms with Gasteiger partial charge in [-0.05, 0) is 111 Å². The Morgan fingerprint density at radius 2 is 2.02 bits per heavy atom. The van der Waals surface area contributed by atoms with Crippen LogP contribution in [0.2, 0.25) is 5.02 Å². The van der Waals surface area contributed by atoms with E-state index in [1.54, 1.807) is 13.2 Å². The summed E-state index contributed by atoms with van der Waals surface area (Å²) in [6.07, 6.45) is 14.4. The van der Waals surface area contributed by atoms with Crippen molar-refractivity contribution in [3.8, 4) is 5.75 Å². The van der Waals surface area contributed by atoms with Gasteiger partial charge in [0.15, 0.2) is 0 Å². The molecule has 2 fully saturated rings. The summed E-state index contributed by atoms with van der Waals surface area (Å²) in [5.74, 6) is 1.66. The van der Waals surface area contributed by atoms with Crippen molar-refractivity contribution in [1.82, 2.24) is 0 Å². The van der Waals surface area contributed by atoms with E-state index in [2.05, 4.69) is 33.5 Å². The van der Waals surface area contributed by atoms with Gasteiger partial charge in [0, 0.05) is 48.4 Å². The molecule has 252 valence electrons. The van der Waals surface area contributed by atoms with E-state index < -0.39 is 15.6 Å². The van der Waals surface area contributed by atoms with E-state index in [1.165, 1.54) is 24.0 Å². The highest BCUT2D eigenvalue weighted by atomic mass is 35.5. The largest absolute Gasteiger partial charge is 0.490 e. The fourth-order valence-corrected chi connectivity index (χ4v) is 10.5. The van der Waals surface area contributed by atoms with E-state index in [1.807, 2.05) is 18.2 Å². The van der Waals surface area contributed by atoms with Crippen molar-refractivity contribution in [2.24, 2.45) is 22.1 Å². The van der Waals surface area contributed by atoms with Gasteiger partial charge in [0.2, 0.25) is 0 Å².